The van der Waals surface area contributed by atoms with Crippen molar-refractivity contribution in [2.24, 2.45) is 0 Å². The third-order valence-corrected chi connectivity index (χ3v) is 3.97. The molecule has 108 valence electrons. The highest BCUT2D eigenvalue weighted by Gasteiger charge is 2.20. The second kappa shape index (κ2) is 6.05. The summed E-state index contributed by atoms with van der Waals surface area (Å²) < 4.78 is 0.179. The lowest BCUT2D eigenvalue weighted by Crippen LogP contribution is -2.14. The summed E-state index contributed by atoms with van der Waals surface area (Å²) >= 11 is 3.13. The van der Waals surface area contributed by atoms with Gasteiger partial charge in [0.25, 0.3) is 11.6 Å². The van der Waals surface area contributed by atoms with E-state index in [9.17, 15) is 14.9 Å². The molecule has 0 bridgehead atoms. The minimum atomic E-state index is -0.528. The number of benzene rings is 2. The van der Waals surface area contributed by atoms with Crippen LogP contribution in [0.2, 0.25) is 0 Å². The zero-order valence-electron chi connectivity index (χ0n) is 11.5. The summed E-state index contributed by atoms with van der Waals surface area (Å²) in [5, 5.41) is 13.7. The molecule has 2 rings (SSSR count). The van der Waals surface area contributed by atoms with E-state index in [1.807, 2.05) is 32.0 Å². The SMILES string of the molecule is Cc1cccc(C)c1NC(=O)c1cccc([N+](=O)[O-])c1Br. The Morgan fingerprint density at radius 2 is 1.71 bits per heavy atom. The summed E-state index contributed by atoms with van der Waals surface area (Å²) in [4.78, 5) is 22.7. The predicted octanol–water partition coefficient (Wildman–Crippen LogP) is 4.23. The van der Waals surface area contributed by atoms with Crippen molar-refractivity contribution in [3.8, 4) is 0 Å². The van der Waals surface area contributed by atoms with Crippen molar-refractivity contribution in [3.63, 3.8) is 0 Å². The van der Waals surface area contributed by atoms with Gasteiger partial charge >= 0.3 is 0 Å². The summed E-state index contributed by atoms with van der Waals surface area (Å²) in [6.07, 6.45) is 0. The lowest BCUT2D eigenvalue weighted by molar-refractivity contribution is -0.385. The van der Waals surface area contributed by atoms with Gasteiger partial charge in [-0.25, -0.2) is 0 Å². The Morgan fingerprint density at radius 3 is 2.29 bits per heavy atom. The highest BCUT2D eigenvalue weighted by atomic mass is 79.9. The van der Waals surface area contributed by atoms with Gasteiger partial charge in [-0.15, -0.1) is 0 Å². The zero-order chi connectivity index (χ0) is 15.6. The number of amides is 1. The van der Waals surface area contributed by atoms with Crippen molar-refractivity contribution in [3.05, 3.63) is 67.7 Å². The van der Waals surface area contributed by atoms with Crippen LogP contribution in [0, 0.1) is 24.0 Å². The lowest BCUT2D eigenvalue weighted by Gasteiger charge is -2.12. The molecule has 6 heteroatoms. The van der Waals surface area contributed by atoms with Gasteiger partial charge in [-0.1, -0.05) is 24.3 Å². The van der Waals surface area contributed by atoms with E-state index in [-0.39, 0.29) is 21.6 Å². The Kier molecular flexibility index (Phi) is 4.37. The number of nitro groups is 1. The number of carbonyl (C=O) groups is 1. The number of carbonyl (C=O) groups excluding carboxylic acids is 1. The van der Waals surface area contributed by atoms with Gasteiger partial charge in [0, 0.05) is 11.8 Å². The average Bonchev–Trinajstić information content (AvgIpc) is 2.42. The van der Waals surface area contributed by atoms with E-state index in [4.69, 9.17) is 0 Å². The standard InChI is InChI=1S/C15H13BrN2O3/c1-9-5-3-6-10(2)14(9)17-15(19)11-7-4-8-12(13(11)16)18(20)21/h3-8H,1-2H3,(H,17,19). The average molecular weight is 349 g/mol. The molecule has 1 amide bonds. The van der Waals surface area contributed by atoms with Crippen LogP contribution in [-0.2, 0) is 0 Å². The Balaban J connectivity index is 2.38. The molecule has 2 aromatic carbocycles. The van der Waals surface area contributed by atoms with Crippen molar-refractivity contribution in [2.75, 3.05) is 5.32 Å². The monoisotopic (exact) mass is 348 g/mol. The highest BCUT2D eigenvalue weighted by molar-refractivity contribution is 9.10. The Hall–Kier alpha value is -2.21. The fourth-order valence-electron chi connectivity index (χ4n) is 2.03. The van der Waals surface area contributed by atoms with Gasteiger partial charge in [0.05, 0.1) is 10.5 Å². The zero-order valence-corrected chi connectivity index (χ0v) is 13.1. The first kappa shape index (κ1) is 15.2. The van der Waals surface area contributed by atoms with Crippen LogP contribution in [0.5, 0.6) is 0 Å². The third kappa shape index (κ3) is 3.11. The number of hydrogen-bond donors (Lipinski definition) is 1. The van der Waals surface area contributed by atoms with E-state index in [1.54, 1.807) is 6.07 Å². The predicted molar refractivity (Wildman–Crippen MR) is 84.7 cm³/mol. The quantitative estimate of drug-likeness (QED) is 0.666. The number of nitrogens with zero attached hydrogens (tertiary/aromatic N) is 1. The first-order valence-electron chi connectivity index (χ1n) is 6.22. The van der Waals surface area contributed by atoms with Crippen LogP contribution in [0.1, 0.15) is 21.5 Å². The van der Waals surface area contributed by atoms with Gasteiger partial charge in [-0.2, -0.15) is 0 Å². The number of rotatable bonds is 3. The van der Waals surface area contributed by atoms with Crippen molar-refractivity contribution in [2.45, 2.75) is 13.8 Å². The number of nitro benzene ring substituents is 1. The summed E-state index contributed by atoms with van der Waals surface area (Å²) in [5.74, 6) is -0.386. The number of para-hydroxylation sites is 1. The molecule has 0 aromatic heterocycles. The fourth-order valence-corrected chi connectivity index (χ4v) is 2.62. The molecule has 5 nitrogen and oxygen atoms in total. The van der Waals surface area contributed by atoms with Crippen molar-refractivity contribution in [1.29, 1.82) is 0 Å². The minimum absolute atomic E-state index is 0.135. The van der Waals surface area contributed by atoms with Gasteiger partial charge in [0.1, 0.15) is 4.47 Å². The molecule has 0 heterocycles. The van der Waals surface area contributed by atoms with Gasteiger partial charge in [0.15, 0.2) is 0 Å². The molecule has 0 unspecified atom stereocenters. The lowest BCUT2D eigenvalue weighted by atomic mass is 10.1. The normalized spacial score (nSPS) is 10.2. The van der Waals surface area contributed by atoms with Crippen LogP contribution in [0.4, 0.5) is 11.4 Å². The molecule has 0 spiro atoms. The number of nitrogens with one attached hydrogen (secondary N) is 1. The van der Waals surface area contributed by atoms with Crippen molar-refractivity contribution >= 4 is 33.2 Å². The molecule has 2 aromatic rings. The molecular formula is C15H13BrN2O3. The molecule has 0 fully saturated rings. The van der Waals surface area contributed by atoms with Crippen LogP contribution in [0.15, 0.2) is 40.9 Å². The molecule has 21 heavy (non-hydrogen) atoms. The highest BCUT2D eigenvalue weighted by Crippen LogP contribution is 2.29. The summed E-state index contributed by atoms with van der Waals surface area (Å²) in [6.45, 7) is 3.79. The molecule has 0 atom stereocenters. The number of hydrogen-bond acceptors (Lipinski definition) is 3. The molecule has 0 aliphatic rings. The van der Waals surface area contributed by atoms with E-state index in [2.05, 4.69) is 21.2 Å². The molecule has 0 saturated carbocycles. The second-order valence-corrected chi connectivity index (χ2v) is 5.41. The van der Waals surface area contributed by atoms with E-state index in [0.717, 1.165) is 16.8 Å². The Labute approximate surface area is 130 Å². The molecule has 0 aliphatic heterocycles. The van der Waals surface area contributed by atoms with Crippen LogP contribution in [0.3, 0.4) is 0 Å². The summed E-state index contributed by atoms with van der Waals surface area (Å²) in [6, 6.07) is 10.1. The minimum Gasteiger partial charge on any atom is -0.321 e. The maximum atomic E-state index is 12.4. The molecule has 0 saturated heterocycles. The molecule has 0 aliphatic carbocycles. The van der Waals surface area contributed by atoms with Crippen molar-refractivity contribution < 1.29 is 9.72 Å². The van der Waals surface area contributed by atoms with Gasteiger partial charge < -0.3 is 5.32 Å². The topological polar surface area (TPSA) is 72.2 Å². The maximum absolute atomic E-state index is 12.4. The summed E-state index contributed by atoms with van der Waals surface area (Å²) in [7, 11) is 0. The van der Waals surface area contributed by atoms with E-state index in [0.29, 0.717) is 0 Å². The van der Waals surface area contributed by atoms with Gasteiger partial charge in [-0.3, -0.25) is 14.9 Å². The van der Waals surface area contributed by atoms with Gasteiger partial charge in [0.2, 0.25) is 0 Å². The first-order valence-corrected chi connectivity index (χ1v) is 7.01. The summed E-state index contributed by atoms with van der Waals surface area (Å²) in [5.41, 5.74) is 2.69. The van der Waals surface area contributed by atoms with Crippen molar-refractivity contribution in [1.82, 2.24) is 0 Å². The maximum Gasteiger partial charge on any atom is 0.284 e. The third-order valence-electron chi connectivity index (χ3n) is 3.14. The van der Waals surface area contributed by atoms with Gasteiger partial charge in [-0.05, 0) is 47.0 Å². The number of anilines is 1. The number of aryl methyl sites for hydroxylation is 2. The van der Waals surface area contributed by atoms with E-state index >= 15 is 0 Å². The Morgan fingerprint density at radius 1 is 1.14 bits per heavy atom. The molecule has 1 N–H and O–H groups in total. The van der Waals surface area contributed by atoms with Crippen LogP contribution >= 0.6 is 15.9 Å². The van der Waals surface area contributed by atoms with Crippen LogP contribution < -0.4 is 5.32 Å². The Bertz CT molecular complexity index is 709. The number of halogens is 1. The van der Waals surface area contributed by atoms with Crippen LogP contribution in [0.25, 0.3) is 0 Å². The van der Waals surface area contributed by atoms with E-state index in [1.165, 1.54) is 12.1 Å². The van der Waals surface area contributed by atoms with Crippen LogP contribution in [-0.4, -0.2) is 10.8 Å². The molecule has 0 radical (unpaired) electrons. The van der Waals surface area contributed by atoms with E-state index < -0.39 is 4.92 Å². The molecular weight excluding hydrogens is 336 g/mol. The fraction of sp³-hybridized carbons (Fsp3) is 0.133. The first-order chi connectivity index (χ1) is 9.91. The smallest absolute Gasteiger partial charge is 0.284 e. The largest absolute Gasteiger partial charge is 0.321 e. The second-order valence-electron chi connectivity index (χ2n) is 4.62.